The summed E-state index contributed by atoms with van der Waals surface area (Å²) >= 11 is 1.35. The summed E-state index contributed by atoms with van der Waals surface area (Å²) in [5, 5.41) is 7.55. The lowest BCUT2D eigenvalue weighted by Gasteiger charge is -2.18. The third-order valence-electron chi connectivity index (χ3n) is 4.34. The molecule has 3 rings (SSSR count). The van der Waals surface area contributed by atoms with Crippen molar-refractivity contribution in [1.82, 2.24) is 10.6 Å². The molecule has 2 aromatic carbocycles. The Kier molecular flexibility index (Phi) is 7.41. The molecular formula is C23H24N2O3S. The predicted octanol–water partition coefficient (Wildman–Crippen LogP) is 3.59. The summed E-state index contributed by atoms with van der Waals surface area (Å²) in [4.78, 5) is 25.8. The van der Waals surface area contributed by atoms with E-state index in [1.165, 1.54) is 11.3 Å². The average molecular weight is 409 g/mol. The summed E-state index contributed by atoms with van der Waals surface area (Å²) in [5.74, 6) is 0.287. The highest BCUT2D eigenvalue weighted by atomic mass is 32.1. The first-order valence-corrected chi connectivity index (χ1v) is 10.4. The third kappa shape index (κ3) is 6.47. The molecule has 5 nitrogen and oxygen atoms in total. The Hall–Kier alpha value is -3.12. The van der Waals surface area contributed by atoms with Crippen molar-refractivity contribution in [2.45, 2.75) is 19.4 Å². The number of thiophene rings is 1. The highest BCUT2D eigenvalue weighted by Gasteiger charge is 2.22. The second-order valence-corrected chi connectivity index (χ2v) is 7.59. The standard InChI is InChI=1S/C23H24N2O3S/c1-17-9-11-19(12-10-17)28-14-13-24-22(26)20(16-18-6-3-2-4-7-18)25-23(27)21-8-5-15-29-21/h2-12,15,20H,13-14,16H2,1H3,(H,24,26)(H,25,27). The Bertz CT molecular complexity index is 909. The van der Waals surface area contributed by atoms with E-state index in [-0.39, 0.29) is 11.8 Å². The first-order chi connectivity index (χ1) is 14.1. The van der Waals surface area contributed by atoms with E-state index in [1.807, 2.05) is 73.0 Å². The van der Waals surface area contributed by atoms with Crippen LogP contribution in [0.4, 0.5) is 0 Å². The van der Waals surface area contributed by atoms with Crippen molar-refractivity contribution < 1.29 is 14.3 Å². The molecule has 0 aliphatic rings. The molecule has 0 spiro atoms. The molecule has 150 valence electrons. The lowest BCUT2D eigenvalue weighted by atomic mass is 10.1. The topological polar surface area (TPSA) is 67.4 Å². The number of carbonyl (C=O) groups excluding carboxylic acids is 2. The fourth-order valence-corrected chi connectivity index (χ4v) is 3.42. The minimum atomic E-state index is -0.661. The van der Waals surface area contributed by atoms with Gasteiger partial charge in [0.05, 0.1) is 11.4 Å². The smallest absolute Gasteiger partial charge is 0.262 e. The largest absolute Gasteiger partial charge is 0.492 e. The molecule has 1 atom stereocenters. The van der Waals surface area contributed by atoms with Crippen molar-refractivity contribution in [2.75, 3.05) is 13.2 Å². The summed E-state index contributed by atoms with van der Waals surface area (Å²) in [7, 11) is 0. The molecule has 1 heterocycles. The third-order valence-corrected chi connectivity index (χ3v) is 5.21. The van der Waals surface area contributed by atoms with Crippen LogP contribution in [0.15, 0.2) is 72.1 Å². The molecule has 1 unspecified atom stereocenters. The second-order valence-electron chi connectivity index (χ2n) is 6.65. The highest BCUT2D eigenvalue weighted by molar-refractivity contribution is 7.12. The van der Waals surface area contributed by atoms with Crippen molar-refractivity contribution in [2.24, 2.45) is 0 Å². The van der Waals surface area contributed by atoms with E-state index in [1.54, 1.807) is 6.07 Å². The van der Waals surface area contributed by atoms with Crippen molar-refractivity contribution in [3.05, 3.63) is 88.1 Å². The Morgan fingerprint density at radius 3 is 2.45 bits per heavy atom. The zero-order valence-electron chi connectivity index (χ0n) is 16.3. The van der Waals surface area contributed by atoms with Crippen molar-refractivity contribution in [3.63, 3.8) is 0 Å². The maximum absolute atomic E-state index is 12.7. The number of benzene rings is 2. The molecule has 0 bridgehead atoms. The molecule has 0 radical (unpaired) electrons. The van der Waals surface area contributed by atoms with E-state index in [0.29, 0.717) is 24.4 Å². The quantitative estimate of drug-likeness (QED) is 0.532. The van der Waals surface area contributed by atoms with Gasteiger partial charge in [-0.25, -0.2) is 0 Å². The SMILES string of the molecule is Cc1ccc(OCCNC(=O)C(Cc2ccccc2)NC(=O)c2cccs2)cc1. The molecule has 6 heteroatoms. The minimum absolute atomic E-state index is 0.230. The van der Waals surface area contributed by atoms with Crippen LogP contribution in [0.2, 0.25) is 0 Å². The number of rotatable bonds is 9. The summed E-state index contributed by atoms with van der Waals surface area (Å²) in [6.45, 7) is 2.72. The van der Waals surface area contributed by atoms with Gasteiger partial charge in [0, 0.05) is 6.42 Å². The van der Waals surface area contributed by atoms with Crippen molar-refractivity contribution in [1.29, 1.82) is 0 Å². The first kappa shape index (κ1) is 20.6. The molecule has 29 heavy (non-hydrogen) atoms. The molecule has 2 N–H and O–H groups in total. The van der Waals surface area contributed by atoms with Gasteiger partial charge in [-0.1, -0.05) is 54.1 Å². The van der Waals surface area contributed by atoms with Gasteiger partial charge in [-0.05, 0) is 36.1 Å². The lowest BCUT2D eigenvalue weighted by Crippen LogP contribution is -2.48. The maximum atomic E-state index is 12.7. The normalized spacial score (nSPS) is 11.5. The number of carbonyl (C=O) groups is 2. The van der Waals surface area contributed by atoms with Gasteiger partial charge < -0.3 is 15.4 Å². The average Bonchev–Trinajstić information content (AvgIpc) is 3.28. The fraction of sp³-hybridized carbons (Fsp3) is 0.217. The molecule has 0 saturated heterocycles. The number of nitrogens with one attached hydrogen (secondary N) is 2. The number of amides is 2. The highest BCUT2D eigenvalue weighted by Crippen LogP contribution is 2.11. The molecule has 2 amide bonds. The molecule has 0 aliphatic carbocycles. The van der Waals surface area contributed by atoms with Crippen molar-refractivity contribution in [3.8, 4) is 5.75 Å². The Morgan fingerprint density at radius 1 is 1.00 bits per heavy atom. The fourth-order valence-electron chi connectivity index (χ4n) is 2.80. The van der Waals surface area contributed by atoms with E-state index in [2.05, 4.69) is 10.6 Å². The van der Waals surface area contributed by atoms with E-state index in [9.17, 15) is 9.59 Å². The van der Waals surface area contributed by atoms with Crippen LogP contribution in [0.5, 0.6) is 5.75 Å². The van der Waals surface area contributed by atoms with Gasteiger partial charge in [0.25, 0.3) is 5.91 Å². The molecule has 0 saturated carbocycles. The number of hydrogen-bond acceptors (Lipinski definition) is 4. The summed E-state index contributed by atoms with van der Waals surface area (Å²) < 4.78 is 5.65. The Balaban J connectivity index is 1.55. The van der Waals surface area contributed by atoms with Crippen LogP contribution in [-0.4, -0.2) is 31.0 Å². The Morgan fingerprint density at radius 2 is 1.76 bits per heavy atom. The van der Waals surface area contributed by atoms with Crippen LogP contribution in [0.3, 0.4) is 0 Å². The molecule has 0 aliphatic heterocycles. The van der Waals surface area contributed by atoms with Crippen LogP contribution in [-0.2, 0) is 11.2 Å². The molecule has 1 aromatic heterocycles. The zero-order chi connectivity index (χ0) is 20.5. The van der Waals surface area contributed by atoms with Crippen LogP contribution < -0.4 is 15.4 Å². The van der Waals surface area contributed by atoms with Gasteiger partial charge in [0.15, 0.2) is 0 Å². The Labute approximate surface area is 174 Å². The second kappa shape index (κ2) is 10.4. The van der Waals surface area contributed by atoms with Gasteiger partial charge in [-0.2, -0.15) is 0 Å². The number of ether oxygens (including phenoxy) is 1. The summed E-state index contributed by atoms with van der Waals surface area (Å²) in [6, 6.07) is 20.3. The van der Waals surface area contributed by atoms with Crippen LogP contribution in [0.1, 0.15) is 20.8 Å². The number of aryl methyl sites for hydroxylation is 1. The van der Waals surface area contributed by atoms with Crippen molar-refractivity contribution >= 4 is 23.2 Å². The van der Waals surface area contributed by atoms with Gasteiger partial charge in [-0.3, -0.25) is 9.59 Å². The lowest BCUT2D eigenvalue weighted by molar-refractivity contribution is -0.123. The minimum Gasteiger partial charge on any atom is -0.492 e. The van der Waals surface area contributed by atoms with Gasteiger partial charge in [0.1, 0.15) is 18.4 Å². The van der Waals surface area contributed by atoms with Gasteiger partial charge in [-0.15, -0.1) is 11.3 Å². The summed E-state index contributed by atoms with van der Waals surface area (Å²) in [5.41, 5.74) is 2.14. The maximum Gasteiger partial charge on any atom is 0.262 e. The molecule has 3 aromatic rings. The first-order valence-electron chi connectivity index (χ1n) is 9.47. The van der Waals surface area contributed by atoms with Crippen LogP contribution in [0.25, 0.3) is 0 Å². The van der Waals surface area contributed by atoms with Gasteiger partial charge >= 0.3 is 0 Å². The molecular weight excluding hydrogens is 384 g/mol. The monoisotopic (exact) mass is 408 g/mol. The van der Waals surface area contributed by atoms with Gasteiger partial charge in [0.2, 0.25) is 5.91 Å². The molecule has 0 fully saturated rings. The van der Waals surface area contributed by atoms with E-state index in [0.717, 1.165) is 16.9 Å². The summed E-state index contributed by atoms with van der Waals surface area (Å²) in [6.07, 6.45) is 0.419. The zero-order valence-corrected chi connectivity index (χ0v) is 17.1. The predicted molar refractivity (Wildman–Crippen MR) is 115 cm³/mol. The van der Waals surface area contributed by atoms with E-state index < -0.39 is 6.04 Å². The van der Waals surface area contributed by atoms with Crippen LogP contribution in [0, 0.1) is 6.92 Å². The van der Waals surface area contributed by atoms with Crippen LogP contribution >= 0.6 is 11.3 Å². The van der Waals surface area contributed by atoms with E-state index >= 15 is 0 Å². The number of hydrogen-bond donors (Lipinski definition) is 2. The van der Waals surface area contributed by atoms with E-state index in [4.69, 9.17) is 4.74 Å².